The summed E-state index contributed by atoms with van der Waals surface area (Å²) in [4.78, 5) is 27.7. The van der Waals surface area contributed by atoms with Crippen LogP contribution >= 0.6 is 15.9 Å². The molecule has 3 heterocycles. The van der Waals surface area contributed by atoms with Gasteiger partial charge in [-0.3, -0.25) is 18.9 Å². The second kappa shape index (κ2) is 7.24. The molecular formula is C21H17BrN6O3. The van der Waals surface area contributed by atoms with Crippen molar-refractivity contribution in [1.82, 2.24) is 28.7 Å². The van der Waals surface area contributed by atoms with Gasteiger partial charge in [-0.15, -0.1) is 10.2 Å². The number of halogens is 1. The molecule has 0 saturated carbocycles. The highest BCUT2D eigenvalue weighted by Gasteiger charge is 2.24. The van der Waals surface area contributed by atoms with E-state index in [1.54, 1.807) is 23.1 Å². The molecule has 0 aliphatic heterocycles. The molecule has 0 saturated heterocycles. The maximum Gasteiger partial charge on any atom is 0.329 e. The quantitative estimate of drug-likeness (QED) is 0.426. The number of fused-ring (bicyclic) bond motifs is 3. The second-order valence-corrected chi connectivity index (χ2v) is 7.98. The Bertz CT molecular complexity index is 1560. The minimum Gasteiger partial charge on any atom is -0.496 e. The summed E-state index contributed by atoms with van der Waals surface area (Å²) in [5.74, 6) is 1.50. The number of aromatic amines is 1. The van der Waals surface area contributed by atoms with Crippen molar-refractivity contribution in [2.45, 2.75) is 6.54 Å². The molecule has 10 heteroatoms. The number of aromatic nitrogens is 6. The van der Waals surface area contributed by atoms with E-state index in [0.29, 0.717) is 40.6 Å². The van der Waals surface area contributed by atoms with Gasteiger partial charge in [0.2, 0.25) is 5.78 Å². The molecule has 3 aromatic heterocycles. The van der Waals surface area contributed by atoms with Gasteiger partial charge in [-0.05, 0) is 23.8 Å². The first-order valence-electron chi connectivity index (χ1n) is 9.44. The van der Waals surface area contributed by atoms with Crippen molar-refractivity contribution in [3.63, 3.8) is 0 Å². The number of nitrogens with one attached hydrogen (secondary N) is 1. The lowest BCUT2D eigenvalue weighted by atomic mass is 10.2. The number of imidazole rings is 1. The summed E-state index contributed by atoms with van der Waals surface area (Å²) in [6.45, 7) is 0.392. The molecule has 0 aliphatic carbocycles. The molecular weight excluding hydrogens is 464 g/mol. The van der Waals surface area contributed by atoms with Crippen molar-refractivity contribution in [1.29, 1.82) is 0 Å². The van der Waals surface area contributed by atoms with Gasteiger partial charge < -0.3 is 4.74 Å². The van der Waals surface area contributed by atoms with Crippen LogP contribution in [-0.2, 0) is 13.6 Å². The average molecular weight is 481 g/mol. The van der Waals surface area contributed by atoms with Gasteiger partial charge >= 0.3 is 5.69 Å². The Morgan fingerprint density at radius 3 is 2.61 bits per heavy atom. The van der Waals surface area contributed by atoms with E-state index in [-0.39, 0.29) is 0 Å². The summed E-state index contributed by atoms with van der Waals surface area (Å²) in [5, 5.41) is 8.77. The predicted octanol–water partition coefficient (Wildman–Crippen LogP) is 2.56. The highest BCUT2D eigenvalue weighted by atomic mass is 79.9. The number of nitrogens with zero attached hydrogens (tertiary/aromatic N) is 5. The topological polar surface area (TPSA) is 99.2 Å². The molecule has 156 valence electrons. The van der Waals surface area contributed by atoms with E-state index in [9.17, 15) is 9.59 Å². The molecule has 0 fully saturated rings. The van der Waals surface area contributed by atoms with Gasteiger partial charge in [0.15, 0.2) is 17.0 Å². The Morgan fingerprint density at radius 2 is 1.87 bits per heavy atom. The minimum absolute atomic E-state index is 0.339. The Balaban J connectivity index is 1.92. The van der Waals surface area contributed by atoms with Crippen LogP contribution in [0.3, 0.4) is 0 Å². The fourth-order valence-electron chi connectivity index (χ4n) is 3.79. The van der Waals surface area contributed by atoms with Crippen LogP contribution < -0.4 is 16.0 Å². The van der Waals surface area contributed by atoms with Gasteiger partial charge in [-0.25, -0.2) is 9.20 Å². The Kier molecular flexibility index (Phi) is 4.51. The summed E-state index contributed by atoms with van der Waals surface area (Å²) >= 11 is 3.48. The fraction of sp³-hybridized carbons (Fsp3) is 0.143. The van der Waals surface area contributed by atoms with Crippen LogP contribution in [0.25, 0.3) is 28.3 Å². The van der Waals surface area contributed by atoms with Crippen LogP contribution in [0.15, 0.2) is 62.6 Å². The molecule has 1 N–H and O–H groups in total. The third-order valence-electron chi connectivity index (χ3n) is 5.22. The van der Waals surface area contributed by atoms with Crippen molar-refractivity contribution in [2.75, 3.05) is 7.11 Å². The van der Waals surface area contributed by atoms with E-state index >= 15 is 0 Å². The van der Waals surface area contributed by atoms with Crippen molar-refractivity contribution in [2.24, 2.45) is 7.05 Å². The van der Waals surface area contributed by atoms with Crippen LogP contribution in [0.1, 0.15) is 5.56 Å². The molecule has 0 atom stereocenters. The van der Waals surface area contributed by atoms with E-state index in [2.05, 4.69) is 31.1 Å². The van der Waals surface area contributed by atoms with E-state index in [1.807, 2.05) is 48.5 Å². The molecule has 0 amide bonds. The largest absolute Gasteiger partial charge is 0.496 e. The summed E-state index contributed by atoms with van der Waals surface area (Å²) in [6, 6.07) is 15.3. The molecule has 0 bridgehead atoms. The van der Waals surface area contributed by atoms with Gasteiger partial charge in [-0.1, -0.05) is 46.3 Å². The number of methoxy groups -OCH3 is 1. The molecule has 0 radical (unpaired) electrons. The van der Waals surface area contributed by atoms with E-state index in [1.165, 1.54) is 4.57 Å². The van der Waals surface area contributed by atoms with Gasteiger partial charge in [0.05, 0.1) is 19.2 Å². The fourth-order valence-corrected chi connectivity index (χ4v) is 4.15. The van der Waals surface area contributed by atoms with Crippen molar-refractivity contribution < 1.29 is 4.74 Å². The van der Waals surface area contributed by atoms with E-state index in [4.69, 9.17) is 4.74 Å². The molecule has 0 spiro atoms. The summed E-state index contributed by atoms with van der Waals surface area (Å²) in [7, 11) is 3.18. The molecule has 0 aliphatic rings. The van der Waals surface area contributed by atoms with Gasteiger partial charge in [0.25, 0.3) is 5.56 Å². The van der Waals surface area contributed by atoms with E-state index < -0.39 is 11.2 Å². The number of benzene rings is 2. The number of H-pyrrole nitrogens is 1. The monoisotopic (exact) mass is 480 g/mol. The lowest BCUT2D eigenvalue weighted by molar-refractivity contribution is 0.416. The third-order valence-corrected chi connectivity index (χ3v) is 5.72. The lowest BCUT2D eigenvalue weighted by Gasteiger charge is -2.08. The summed E-state index contributed by atoms with van der Waals surface area (Å²) < 4.78 is 11.2. The zero-order valence-electron chi connectivity index (χ0n) is 16.7. The highest BCUT2D eigenvalue weighted by Crippen LogP contribution is 2.33. The molecule has 5 rings (SSSR count). The SMILES string of the molecule is COc1ccc(Br)cc1-c1nnc2n(Cc3ccccc3)c3c(=O)[nH]c(=O)n(C)c3n12. The molecule has 9 nitrogen and oxygen atoms in total. The number of rotatable bonds is 4. The molecule has 2 aromatic carbocycles. The predicted molar refractivity (Wildman–Crippen MR) is 120 cm³/mol. The number of hydrogen-bond acceptors (Lipinski definition) is 5. The molecule has 31 heavy (non-hydrogen) atoms. The number of aryl methyl sites for hydroxylation is 1. The van der Waals surface area contributed by atoms with Crippen LogP contribution in [0.2, 0.25) is 0 Å². The van der Waals surface area contributed by atoms with Crippen LogP contribution in [0.4, 0.5) is 0 Å². The zero-order chi connectivity index (χ0) is 21.7. The first kappa shape index (κ1) is 19.3. The van der Waals surface area contributed by atoms with Crippen LogP contribution in [-0.4, -0.2) is 35.8 Å². The summed E-state index contributed by atoms with van der Waals surface area (Å²) in [6.07, 6.45) is 0. The Hall–Kier alpha value is -3.66. The summed E-state index contributed by atoms with van der Waals surface area (Å²) in [5.41, 5.74) is 1.41. The van der Waals surface area contributed by atoms with Crippen molar-refractivity contribution in [3.05, 3.63) is 79.4 Å². The van der Waals surface area contributed by atoms with E-state index in [0.717, 1.165) is 10.0 Å². The molecule has 0 unspecified atom stereocenters. The van der Waals surface area contributed by atoms with Crippen molar-refractivity contribution in [3.8, 4) is 17.1 Å². The Labute approximate surface area is 183 Å². The highest BCUT2D eigenvalue weighted by molar-refractivity contribution is 9.10. The maximum atomic E-state index is 12.9. The van der Waals surface area contributed by atoms with Crippen LogP contribution in [0, 0.1) is 0 Å². The Morgan fingerprint density at radius 1 is 1.10 bits per heavy atom. The number of ether oxygens (including phenoxy) is 1. The first-order chi connectivity index (χ1) is 15.0. The van der Waals surface area contributed by atoms with Crippen LogP contribution in [0.5, 0.6) is 5.75 Å². The normalized spacial score (nSPS) is 11.5. The second-order valence-electron chi connectivity index (χ2n) is 7.07. The van der Waals surface area contributed by atoms with Crippen molar-refractivity contribution >= 4 is 32.9 Å². The van der Waals surface area contributed by atoms with Gasteiger partial charge in [-0.2, -0.15) is 0 Å². The smallest absolute Gasteiger partial charge is 0.329 e. The number of hydrogen-bond donors (Lipinski definition) is 1. The van der Waals surface area contributed by atoms with Gasteiger partial charge in [0, 0.05) is 11.5 Å². The average Bonchev–Trinajstić information content (AvgIpc) is 3.32. The van der Waals surface area contributed by atoms with Gasteiger partial charge in [0.1, 0.15) is 5.75 Å². The third kappa shape index (κ3) is 2.98. The maximum absolute atomic E-state index is 12.9. The molecule has 5 aromatic rings. The standard InChI is InChI=1S/C21H17BrN6O3/c1-26-19-16(18(29)23-21(26)30)27(11-12-6-4-3-5-7-12)20-25-24-17(28(19)20)14-10-13(22)8-9-15(14)31-2/h3-10H,11H2,1-2H3,(H,23,29,30). The lowest BCUT2D eigenvalue weighted by Crippen LogP contribution is -2.29. The first-order valence-corrected chi connectivity index (χ1v) is 10.2. The zero-order valence-corrected chi connectivity index (χ0v) is 18.3. The minimum atomic E-state index is -0.517.